The van der Waals surface area contributed by atoms with E-state index in [2.05, 4.69) is 22.2 Å². The van der Waals surface area contributed by atoms with Crippen LogP contribution < -0.4 is 5.32 Å². The number of unbranched alkanes of at least 4 members (excludes halogenated alkanes) is 1. The Kier molecular flexibility index (Phi) is 5.04. The molecule has 0 saturated carbocycles. The second-order valence-corrected chi connectivity index (χ2v) is 3.68. The van der Waals surface area contributed by atoms with E-state index in [0.717, 1.165) is 18.5 Å². The van der Waals surface area contributed by atoms with Crippen LogP contribution >= 0.6 is 0 Å². The summed E-state index contributed by atoms with van der Waals surface area (Å²) in [5, 5.41) is 3.05. The second-order valence-electron chi connectivity index (χ2n) is 3.68. The van der Waals surface area contributed by atoms with Crippen LogP contribution in [0.25, 0.3) is 0 Å². The monoisotopic (exact) mass is 209 g/mol. The third kappa shape index (κ3) is 3.83. The summed E-state index contributed by atoms with van der Waals surface area (Å²) in [5.74, 6) is 0.280. The van der Waals surface area contributed by atoms with Crippen molar-refractivity contribution in [1.29, 1.82) is 0 Å². The molecule has 0 aliphatic heterocycles. The zero-order valence-corrected chi connectivity index (χ0v) is 9.42. The van der Waals surface area contributed by atoms with Crippen LogP contribution in [-0.2, 0) is 11.2 Å². The SMILES string of the molecule is CCCCC(=O)[C@H](Cc1c[nH]cn1)NC. The maximum Gasteiger partial charge on any atom is 0.150 e. The molecule has 0 aromatic carbocycles. The van der Waals surface area contributed by atoms with Crippen LogP contribution in [0.1, 0.15) is 31.9 Å². The number of imidazole rings is 1. The Morgan fingerprint density at radius 1 is 1.67 bits per heavy atom. The molecule has 1 heterocycles. The van der Waals surface area contributed by atoms with Gasteiger partial charge in [-0.1, -0.05) is 13.3 Å². The molecule has 1 aromatic rings. The second kappa shape index (κ2) is 6.35. The van der Waals surface area contributed by atoms with Gasteiger partial charge in [-0.2, -0.15) is 0 Å². The molecule has 15 heavy (non-hydrogen) atoms. The number of hydrogen-bond acceptors (Lipinski definition) is 3. The normalized spacial score (nSPS) is 12.7. The molecule has 1 atom stereocenters. The van der Waals surface area contributed by atoms with Crippen LogP contribution in [-0.4, -0.2) is 28.8 Å². The van der Waals surface area contributed by atoms with Crippen LogP contribution in [0, 0.1) is 0 Å². The lowest BCUT2D eigenvalue weighted by molar-refractivity contribution is -0.121. The predicted molar refractivity (Wildman–Crippen MR) is 59.7 cm³/mol. The van der Waals surface area contributed by atoms with Crippen molar-refractivity contribution in [2.75, 3.05) is 7.05 Å². The van der Waals surface area contributed by atoms with Crippen LogP contribution in [0.15, 0.2) is 12.5 Å². The van der Waals surface area contributed by atoms with Gasteiger partial charge in [0.1, 0.15) is 5.78 Å². The molecule has 0 amide bonds. The lowest BCUT2D eigenvalue weighted by Crippen LogP contribution is -2.36. The van der Waals surface area contributed by atoms with Crippen LogP contribution in [0.4, 0.5) is 0 Å². The van der Waals surface area contributed by atoms with Gasteiger partial charge in [-0.3, -0.25) is 4.79 Å². The van der Waals surface area contributed by atoms with Gasteiger partial charge in [-0.05, 0) is 13.5 Å². The van der Waals surface area contributed by atoms with Crippen molar-refractivity contribution in [3.63, 3.8) is 0 Å². The molecule has 0 fully saturated rings. The summed E-state index contributed by atoms with van der Waals surface area (Å²) >= 11 is 0. The lowest BCUT2D eigenvalue weighted by Gasteiger charge is -2.13. The highest BCUT2D eigenvalue weighted by molar-refractivity contribution is 5.84. The van der Waals surface area contributed by atoms with Crippen molar-refractivity contribution < 1.29 is 4.79 Å². The standard InChI is InChI=1S/C11H19N3O/c1-3-4-5-11(15)10(12-2)6-9-7-13-8-14-9/h7-8,10,12H,3-6H2,1-2H3,(H,13,14)/t10-/m0/s1. The van der Waals surface area contributed by atoms with Gasteiger partial charge in [0.2, 0.25) is 0 Å². The van der Waals surface area contributed by atoms with E-state index in [0.29, 0.717) is 12.8 Å². The molecule has 84 valence electrons. The Labute approximate surface area is 90.5 Å². The molecule has 0 unspecified atom stereocenters. The van der Waals surface area contributed by atoms with Gasteiger partial charge in [0.25, 0.3) is 0 Å². The molecule has 0 aliphatic carbocycles. The first-order valence-corrected chi connectivity index (χ1v) is 5.45. The number of H-pyrrole nitrogens is 1. The maximum absolute atomic E-state index is 11.8. The zero-order valence-electron chi connectivity index (χ0n) is 9.42. The Hall–Kier alpha value is -1.16. The van der Waals surface area contributed by atoms with Crippen molar-refractivity contribution >= 4 is 5.78 Å². The fourth-order valence-corrected chi connectivity index (χ4v) is 1.51. The molecule has 0 radical (unpaired) electrons. The summed E-state index contributed by atoms with van der Waals surface area (Å²) in [7, 11) is 1.82. The fraction of sp³-hybridized carbons (Fsp3) is 0.636. The van der Waals surface area contributed by atoms with E-state index < -0.39 is 0 Å². The summed E-state index contributed by atoms with van der Waals surface area (Å²) in [6, 6.07) is -0.0974. The van der Waals surface area contributed by atoms with E-state index >= 15 is 0 Å². The number of rotatable bonds is 7. The molecule has 4 heteroatoms. The Morgan fingerprint density at radius 3 is 3.00 bits per heavy atom. The molecule has 0 saturated heterocycles. The molecule has 4 nitrogen and oxygen atoms in total. The first kappa shape index (κ1) is 11.9. The van der Waals surface area contributed by atoms with E-state index in [4.69, 9.17) is 0 Å². The highest BCUT2D eigenvalue weighted by atomic mass is 16.1. The first-order chi connectivity index (χ1) is 7.27. The Balaban J connectivity index is 2.44. The summed E-state index contributed by atoms with van der Waals surface area (Å²) in [6.45, 7) is 2.09. The van der Waals surface area contributed by atoms with Crippen LogP contribution in [0.5, 0.6) is 0 Å². The molecule has 0 bridgehead atoms. The maximum atomic E-state index is 11.8. The number of carbonyl (C=O) groups excluding carboxylic acids is 1. The van der Waals surface area contributed by atoms with Gasteiger partial charge < -0.3 is 10.3 Å². The van der Waals surface area contributed by atoms with E-state index in [1.54, 1.807) is 6.33 Å². The topological polar surface area (TPSA) is 57.8 Å². The predicted octanol–water partition coefficient (Wildman–Crippen LogP) is 1.30. The molecule has 1 aromatic heterocycles. The molecule has 0 aliphatic rings. The summed E-state index contributed by atoms with van der Waals surface area (Å²) < 4.78 is 0. The smallest absolute Gasteiger partial charge is 0.150 e. The highest BCUT2D eigenvalue weighted by Gasteiger charge is 2.16. The van der Waals surface area contributed by atoms with Gasteiger partial charge in [0.15, 0.2) is 0 Å². The fourth-order valence-electron chi connectivity index (χ4n) is 1.51. The van der Waals surface area contributed by atoms with Crippen molar-refractivity contribution in [2.45, 2.75) is 38.6 Å². The quantitative estimate of drug-likeness (QED) is 0.711. The Bertz CT molecular complexity index is 282. The average Bonchev–Trinajstić information content (AvgIpc) is 2.75. The summed E-state index contributed by atoms with van der Waals surface area (Å²) in [6.07, 6.45) is 6.83. The number of aromatic nitrogens is 2. The first-order valence-electron chi connectivity index (χ1n) is 5.45. The Morgan fingerprint density at radius 2 is 2.47 bits per heavy atom. The largest absolute Gasteiger partial charge is 0.351 e. The molecule has 2 N–H and O–H groups in total. The van der Waals surface area contributed by atoms with Crippen molar-refractivity contribution in [3.05, 3.63) is 18.2 Å². The minimum atomic E-state index is -0.0974. The van der Waals surface area contributed by atoms with Crippen molar-refractivity contribution in [1.82, 2.24) is 15.3 Å². The van der Waals surface area contributed by atoms with Crippen molar-refractivity contribution in [3.8, 4) is 0 Å². The lowest BCUT2D eigenvalue weighted by atomic mass is 10.0. The summed E-state index contributed by atoms with van der Waals surface area (Å²) in [4.78, 5) is 18.8. The zero-order chi connectivity index (χ0) is 11.1. The average molecular weight is 209 g/mol. The highest BCUT2D eigenvalue weighted by Crippen LogP contribution is 2.04. The number of hydrogen-bond donors (Lipinski definition) is 2. The number of ketones is 1. The third-order valence-corrected chi connectivity index (χ3v) is 2.48. The van der Waals surface area contributed by atoms with Crippen LogP contribution in [0.2, 0.25) is 0 Å². The number of aromatic amines is 1. The van der Waals surface area contributed by atoms with E-state index in [1.807, 2.05) is 13.2 Å². The molecule has 1 rings (SSSR count). The van der Waals surface area contributed by atoms with E-state index in [9.17, 15) is 4.79 Å². The van der Waals surface area contributed by atoms with Gasteiger partial charge in [-0.15, -0.1) is 0 Å². The van der Waals surface area contributed by atoms with Crippen LogP contribution in [0.3, 0.4) is 0 Å². The number of likely N-dealkylation sites (N-methyl/N-ethyl adjacent to an activating group) is 1. The number of nitrogens with one attached hydrogen (secondary N) is 2. The molecular formula is C11H19N3O. The van der Waals surface area contributed by atoms with Gasteiger partial charge in [0.05, 0.1) is 18.1 Å². The van der Waals surface area contributed by atoms with Gasteiger partial charge in [0, 0.05) is 19.0 Å². The van der Waals surface area contributed by atoms with E-state index in [-0.39, 0.29) is 11.8 Å². The minimum Gasteiger partial charge on any atom is -0.351 e. The van der Waals surface area contributed by atoms with Gasteiger partial charge >= 0.3 is 0 Å². The van der Waals surface area contributed by atoms with Crippen molar-refractivity contribution in [2.24, 2.45) is 0 Å². The molecule has 0 spiro atoms. The number of Topliss-reactive ketones (excluding diaryl/α,β-unsaturated/α-hetero) is 1. The number of nitrogens with zero attached hydrogens (tertiary/aromatic N) is 1. The third-order valence-electron chi connectivity index (χ3n) is 2.48. The summed E-state index contributed by atoms with van der Waals surface area (Å²) in [5.41, 5.74) is 0.930. The minimum absolute atomic E-state index is 0.0974. The van der Waals surface area contributed by atoms with E-state index in [1.165, 1.54) is 0 Å². The van der Waals surface area contributed by atoms with Gasteiger partial charge in [-0.25, -0.2) is 4.98 Å². The molecular weight excluding hydrogens is 190 g/mol. The number of carbonyl (C=O) groups is 1.